The number of H-pyrrole nitrogens is 1. The molecular formula is C21H27N7O2. The van der Waals surface area contributed by atoms with Crippen molar-refractivity contribution in [3.8, 4) is 0 Å². The van der Waals surface area contributed by atoms with Crippen molar-refractivity contribution in [1.82, 2.24) is 34.7 Å². The first-order valence-corrected chi connectivity index (χ1v) is 10.2. The van der Waals surface area contributed by atoms with Crippen LogP contribution >= 0.6 is 0 Å². The van der Waals surface area contributed by atoms with Gasteiger partial charge in [-0.1, -0.05) is 12.1 Å². The first-order valence-electron chi connectivity index (χ1n) is 10.2. The third kappa shape index (κ3) is 4.65. The van der Waals surface area contributed by atoms with Crippen LogP contribution in [-0.4, -0.2) is 79.0 Å². The predicted molar refractivity (Wildman–Crippen MR) is 115 cm³/mol. The molecule has 30 heavy (non-hydrogen) atoms. The Kier molecular flexibility index (Phi) is 6.65. The fourth-order valence-electron chi connectivity index (χ4n) is 3.59. The average molecular weight is 409 g/mol. The Labute approximate surface area is 174 Å². The Balaban J connectivity index is 1.49. The zero-order valence-corrected chi connectivity index (χ0v) is 16.8. The van der Waals surface area contributed by atoms with Gasteiger partial charge < -0.3 is 25.1 Å². The Morgan fingerprint density at radius 3 is 2.57 bits per heavy atom. The zero-order chi connectivity index (χ0) is 20.8. The molecule has 0 bridgehead atoms. The van der Waals surface area contributed by atoms with Crippen molar-refractivity contribution in [2.75, 3.05) is 39.4 Å². The minimum atomic E-state index is 0.0823. The van der Waals surface area contributed by atoms with Crippen molar-refractivity contribution >= 4 is 22.2 Å². The summed E-state index contributed by atoms with van der Waals surface area (Å²) in [6.45, 7) is 3.87. The van der Waals surface area contributed by atoms with Crippen molar-refractivity contribution in [2.24, 2.45) is 0 Å². The Morgan fingerprint density at radius 1 is 0.967 bits per heavy atom. The number of hydrogen-bond donors (Lipinski definition) is 4. The van der Waals surface area contributed by atoms with E-state index in [-0.39, 0.29) is 13.2 Å². The molecule has 4 aromatic rings. The van der Waals surface area contributed by atoms with E-state index in [0.29, 0.717) is 26.2 Å². The molecular weight excluding hydrogens is 382 g/mol. The second-order valence-electron chi connectivity index (χ2n) is 7.13. The van der Waals surface area contributed by atoms with Gasteiger partial charge in [0.05, 0.1) is 37.3 Å². The molecule has 0 radical (unpaired) electrons. The smallest absolute Gasteiger partial charge is 0.160 e. The largest absolute Gasteiger partial charge is 0.395 e. The van der Waals surface area contributed by atoms with Gasteiger partial charge in [0, 0.05) is 32.4 Å². The first kappa shape index (κ1) is 20.4. The SMILES string of the molecule is OCCN(CCO)CCNCc1nc2cccnc2n1Cc1nc2ccccc2[nH]1. The molecule has 158 valence electrons. The predicted octanol–water partition coefficient (Wildman–Crippen LogP) is 0.732. The van der Waals surface area contributed by atoms with Crippen LogP contribution in [0.4, 0.5) is 0 Å². The van der Waals surface area contributed by atoms with Crippen molar-refractivity contribution in [1.29, 1.82) is 0 Å². The number of benzene rings is 1. The van der Waals surface area contributed by atoms with E-state index in [1.165, 1.54) is 0 Å². The van der Waals surface area contributed by atoms with Crippen LogP contribution in [0.3, 0.4) is 0 Å². The van der Waals surface area contributed by atoms with Crippen LogP contribution in [0.2, 0.25) is 0 Å². The van der Waals surface area contributed by atoms with E-state index < -0.39 is 0 Å². The molecule has 0 aliphatic rings. The number of fused-ring (bicyclic) bond motifs is 2. The third-order valence-corrected chi connectivity index (χ3v) is 5.05. The number of para-hydroxylation sites is 2. The van der Waals surface area contributed by atoms with E-state index in [1.807, 2.05) is 41.3 Å². The molecule has 9 nitrogen and oxygen atoms in total. The standard InChI is InChI=1S/C21H27N7O2/c29-12-10-27(11-13-30)9-8-22-14-20-26-18-6-3-7-23-21(18)28(20)15-19-24-16-4-1-2-5-17(16)25-19/h1-7,22,29-30H,8-15H2,(H,24,25). The van der Waals surface area contributed by atoms with Crippen molar-refractivity contribution in [2.45, 2.75) is 13.1 Å². The van der Waals surface area contributed by atoms with E-state index in [2.05, 4.69) is 24.8 Å². The van der Waals surface area contributed by atoms with Gasteiger partial charge in [-0.25, -0.2) is 15.0 Å². The van der Waals surface area contributed by atoms with E-state index in [1.54, 1.807) is 6.20 Å². The van der Waals surface area contributed by atoms with Crippen LogP contribution in [-0.2, 0) is 13.1 Å². The summed E-state index contributed by atoms with van der Waals surface area (Å²) < 4.78 is 2.08. The Bertz CT molecular complexity index is 1050. The molecule has 0 aliphatic heterocycles. The van der Waals surface area contributed by atoms with E-state index in [9.17, 15) is 0 Å². The monoisotopic (exact) mass is 409 g/mol. The molecule has 1 aromatic carbocycles. The van der Waals surface area contributed by atoms with Gasteiger partial charge in [-0.05, 0) is 24.3 Å². The van der Waals surface area contributed by atoms with Gasteiger partial charge in [-0.2, -0.15) is 0 Å². The highest BCUT2D eigenvalue weighted by Gasteiger charge is 2.14. The summed E-state index contributed by atoms with van der Waals surface area (Å²) in [6.07, 6.45) is 1.78. The van der Waals surface area contributed by atoms with Gasteiger partial charge in [0.25, 0.3) is 0 Å². The normalized spacial score (nSPS) is 11.8. The maximum atomic E-state index is 9.13. The van der Waals surface area contributed by atoms with Crippen LogP contribution in [0, 0.1) is 0 Å². The quantitative estimate of drug-likeness (QED) is 0.270. The molecule has 3 heterocycles. The summed E-state index contributed by atoms with van der Waals surface area (Å²) in [6, 6.07) is 11.8. The summed E-state index contributed by atoms with van der Waals surface area (Å²) in [5.74, 6) is 1.75. The number of aliphatic hydroxyl groups is 2. The number of aromatic amines is 1. The highest BCUT2D eigenvalue weighted by Crippen LogP contribution is 2.17. The fourth-order valence-corrected chi connectivity index (χ4v) is 3.59. The van der Waals surface area contributed by atoms with Crippen LogP contribution in [0.15, 0.2) is 42.6 Å². The number of nitrogens with one attached hydrogen (secondary N) is 2. The molecule has 0 atom stereocenters. The summed E-state index contributed by atoms with van der Waals surface area (Å²) >= 11 is 0. The third-order valence-electron chi connectivity index (χ3n) is 5.05. The average Bonchev–Trinajstić information content (AvgIpc) is 3.32. The molecule has 4 N–H and O–H groups in total. The highest BCUT2D eigenvalue weighted by molar-refractivity contribution is 5.75. The molecule has 0 spiro atoms. The highest BCUT2D eigenvalue weighted by atomic mass is 16.3. The topological polar surface area (TPSA) is 115 Å². The minimum absolute atomic E-state index is 0.0823. The maximum Gasteiger partial charge on any atom is 0.160 e. The van der Waals surface area contributed by atoms with Crippen LogP contribution in [0.25, 0.3) is 22.2 Å². The zero-order valence-electron chi connectivity index (χ0n) is 16.8. The Hall–Kier alpha value is -2.85. The summed E-state index contributed by atoms with van der Waals surface area (Å²) in [5, 5.41) is 21.7. The molecule has 9 heteroatoms. The van der Waals surface area contributed by atoms with Gasteiger partial charge in [0.2, 0.25) is 0 Å². The van der Waals surface area contributed by atoms with Gasteiger partial charge in [0.15, 0.2) is 5.65 Å². The number of aromatic nitrogens is 5. The lowest BCUT2D eigenvalue weighted by molar-refractivity contribution is 0.161. The van der Waals surface area contributed by atoms with Gasteiger partial charge in [0.1, 0.15) is 17.2 Å². The van der Waals surface area contributed by atoms with E-state index >= 15 is 0 Å². The van der Waals surface area contributed by atoms with Gasteiger partial charge in [-0.15, -0.1) is 0 Å². The molecule has 3 aromatic heterocycles. The van der Waals surface area contributed by atoms with Gasteiger partial charge >= 0.3 is 0 Å². The summed E-state index contributed by atoms with van der Waals surface area (Å²) in [4.78, 5) is 19.4. The Morgan fingerprint density at radius 2 is 1.77 bits per heavy atom. The lowest BCUT2D eigenvalue weighted by atomic mass is 10.3. The number of aliphatic hydroxyl groups excluding tert-OH is 2. The van der Waals surface area contributed by atoms with E-state index in [4.69, 9.17) is 15.2 Å². The maximum absolute atomic E-state index is 9.13. The van der Waals surface area contributed by atoms with Crippen molar-refractivity contribution in [3.05, 3.63) is 54.2 Å². The second-order valence-corrected chi connectivity index (χ2v) is 7.13. The summed E-state index contributed by atoms with van der Waals surface area (Å²) in [7, 11) is 0. The molecule has 0 fully saturated rings. The molecule has 4 rings (SSSR count). The van der Waals surface area contributed by atoms with Gasteiger partial charge in [-0.3, -0.25) is 4.90 Å². The molecule has 0 saturated carbocycles. The first-order chi connectivity index (χ1) is 14.8. The molecule has 0 aliphatic carbocycles. The summed E-state index contributed by atoms with van der Waals surface area (Å²) in [5.41, 5.74) is 3.64. The van der Waals surface area contributed by atoms with E-state index in [0.717, 1.165) is 46.9 Å². The molecule has 0 unspecified atom stereocenters. The minimum Gasteiger partial charge on any atom is -0.395 e. The molecule has 0 saturated heterocycles. The lowest BCUT2D eigenvalue weighted by Gasteiger charge is -2.20. The second kappa shape index (κ2) is 9.77. The van der Waals surface area contributed by atoms with Crippen molar-refractivity contribution < 1.29 is 10.2 Å². The lowest BCUT2D eigenvalue weighted by Crippen LogP contribution is -2.36. The number of pyridine rings is 1. The van der Waals surface area contributed by atoms with Crippen LogP contribution in [0.5, 0.6) is 0 Å². The number of imidazole rings is 2. The number of hydrogen-bond acceptors (Lipinski definition) is 7. The fraction of sp³-hybridized carbons (Fsp3) is 0.381. The number of nitrogens with zero attached hydrogens (tertiary/aromatic N) is 5. The van der Waals surface area contributed by atoms with Crippen LogP contribution < -0.4 is 5.32 Å². The van der Waals surface area contributed by atoms with Crippen LogP contribution in [0.1, 0.15) is 11.6 Å². The molecule has 0 amide bonds. The number of rotatable bonds is 11. The van der Waals surface area contributed by atoms with Crippen molar-refractivity contribution in [3.63, 3.8) is 0 Å².